The van der Waals surface area contributed by atoms with Gasteiger partial charge in [-0.2, -0.15) is 0 Å². The number of ketones is 1. The van der Waals surface area contributed by atoms with Crippen molar-refractivity contribution in [1.29, 1.82) is 0 Å². The first-order chi connectivity index (χ1) is 15.0. The van der Waals surface area contributed by atoms with Gasteiger partial charge in [-0.25, -0.2) is 9.48 Å². The summed E-state index contributed by atoms with van der Waals surface area (Å²) in [7, 11) is 0. The fourth-order valence-corrected chi connectivity index (χ4v) is 3.76. The monoisotopic (exact) mass is 479 g/mol. The van der Waals surface area contributed by atoms with Gasteiger partial charge in [0, 0.05) is 4.90 Å². The molecule has 0 radical (unpaired) electrons. The fraction of sp³-hybridized carbons (Fsp3) is 0.250. The molecule has 0 bridgehead atoms. The van der Waals surface area contributed by atoms with Crippen LogP contribution >= 0.6 is 35.0 Å². The summed E-state index contributed by atoms with van der Waals surface area (Å²) in [6.07, 6.45) is -0.261. The van der Waals surface area contributed by atoms with E-state index >= 15 is 0 Å². The number of nitrogens with one attached hydrogen (secondary N) is 1. The van der Waals surface area contributed by atoms with E-state index in [0.29, 0.717) is 21.6 Å². The number of tetrazole rings is 1. The molecule has 1 unspecified atom stereocenters. The average Bonchev–Trinajstić information content (AvgIpc) is 3.20. The summed E-state index contributed by atoms with van der Waals surface area (Å²) in [6, 6.07) is 13.7. The topological polar surface area (TPSA) is 99.0 Å². The summed E-state index contributed by atoms with van der Waals surface area (Å²) in [5.74, 6) is -0.248. The Labute approximate surface area is 193 Å². The molecule has 1 atom stereocenters. The largest absolute Gasteiger partial charge is 0.445 e. The molecule has 1 heterocycles. The second-order valence-corrected chi connectivity index (χ2v) is 8.29. The molecule has 3 rings (SSSR count). The second kappa shape index (κ2) is 11.1. The van der Waals surface area contributed by atoms with Crippen LogP contribution in [0.1, 0.15) is 18.9 Å². The van der Waals surface area contributed by atoms with Crippen LogP contribution in [0.5, 0.6) is 0 Å². The Morgan fingerprint density at radius 1 is 1.16 bits per heavy atom. The number of rotatable bonds is 9. The lowest BCUT2D eigenvalue weighted by Gasteiger charge is -2.16. The third kappa shape index (κ3) is 6.68. The molecule has 0 fully saturated rings. The van der Waals surface area contributed by atoms with E-state index < -0.39 is 12.1 Å². The van der Waals surface area contributed by atoms with E-state index in [-0.39, 0.29) is 18.9 Å². The molecule has 162 valence electrons. The van der Waals surface area contributed by atoms with Crippen LogP contribution in [0, 0.1) is 0 Å². The molecule has 31 heavy (non-hydrogen) atoms. The number of carbonyl (C=O) groups excluding carboxylic acids is 2. The molecule has 1 amide bonds. The van der Waals surface area contributed by atoms with E-state index in [2.05, 4.69) is 20.8 Å². The molecule has 1 N–H and O–H groups in total. The summed E-state index contributed by atoms with van der Waals surface area (Å²) in [4.78, 5) is 25.6. The van der Waals surface area contributed by atoms with Gasteiger partial charge in [0.1, 0.15) is 13.2 Å². The molecule has 0 saturated heterocycles. The van der Waals surface area contributed by atoms with E-state index in [1.807, 2.05) is 30.3 Å². The molecule has 1 aromatic heterocycles. The quantitative estimate of drug-likeness (QED) is 0.485. The van der Waals surface area contributed by atoms with Crippen molar-refractivity contribution < 1.29 is 14.3 Å². The Morgan fingerprint density at radius 3 is 2.65 bits per heavy atom. The van der Waals surface area contributed by atoms with Gasteiger partial charge in [-0.1, -0.05) is 60.5 Å². The smallest absolute Gasteiger partial charge is 0.408 e. The van der Waals surface area contributed by atoms with Gasteiger partial charge >= 0.3 is 6.09 Å². The summed E-state index contributed by atoms with van der Waals surface area (Å²) in [5.41, 5.74) is 0.856. The molecule has 0 aliphatic carbocycles. The number of aromatic nitrogens is 4. The van der Waals surface area contributed by atoms with Crippen LogP contribution < -0.4 is 5.32 Å². The maximum atomic E-state index is 12.7. The molecule has 0 saturated carbocycles. The molecule has 0 spiro atoms. The minimum atomic E-state index is -0.727. The van der Waals surface area contributed by atoms with Gasteiger partial charge in [0.25, 0.3) is 0 Å². The zero-order chi connectivity index (χ0) is 22.2. The van der Waals surface area contributed by atoms with Gasteiger partial charge in [0.05, 0.1) is 16.1 Å². The van der Waals surface area contributed by atoms with Crippen LogP contribution in [0.25, 0.3) is 0 Å². The van der Waals surface area contributed by atoms with Crippen molar-refractivity contribution in [3.05, 3.63) is 64.1 Å². The summed E-state index contributed by atoms with van der Waals surface area (Å²) < 4.78 is 6.56. The predicted molar refractivity (Wildman–Crippen MR) is 117 cm³/mol. The lowest BCUT2D eigenvalue weighted by Crippen LogP contribution is -2.42. The number of amides is 1. The van der Waals surface area contributed by atoms with Crippen LogP contribution in [-0.4, -0.2) is 38.1 Å². The molecule has 2 aromatic carbocycles. The summed E-state index contributed by atoms with van der Waals surface area (Å²) in [6.45, 7) is 1.81. The summed E-state index contributed by atoms with van der Waals surface area (Å²) in [5, 5.41) is 15.3. The van der Waals surface area contributed by atoms with Crippen molar-refractivity contribution in [3.8, 4) is 0 Å². The minimum Gasteiger partial charge on any atom is -0.445 e. The Kier molecular flexibility index (Phi) is 8.27. The number of nitrogens with zero attached hydrogens (tertiary/aromatic N) is 4. The molecule has 0 aliphatic rings. The highest BCUT2D eigenvalue weighted by molar-refractivity contribution is 7.99. The van der Waals surface area contributed by atoms with E-state index in [1.165, 1.54) is 16.4 Å². The fourth-order valence-electron chi connectivity index (χ4n) is 2.59. The van der Waals surface area contributed by atoms with E-state index in [1.54, 1.807) is 25.1 Å². The first-order valence-corrected chi connectivity index (χ1v) is 10.9. The third-order valence-electron chi connectivity index (χ3n) is 4.21. The number of alkyl carbamates (subject to hydrolysis) is 1. The van der Waals surface area contributed by atoms with E-state index in [4.69, 9.17) is 27.9 Å². The highest BCUT2D eigenvalue weighted by Gasteiger charge is 2.22. The first-order valence-electron chi connectivity index (χ1n) is 9.35. The normalized spacial score (nSPS) is 11.7. The Balaban J connectivity index is 1.57. The molecular weight excluding hydrogens is 461 g/mol. The highest BCUT2D eigenvalue weighted by atomic mass is 35.5. The zero-order valence-corrected chi connectivity index (χ0v) is 18.8. The highest BCUT2D eigenvalue weighted by Crippen LogP contribution is 2.31. The second-order valence-electron chi connectivity index (χ2n) is 6.43. The molecule has 3 aromatic rings. The zero-order valence-electron chi connectivity index (χ0n) is 16.5. The van der Waals surface area contributed by atoms with Crippen LogP contribution in [0.15, 0.2) is 58.6 Å². The third-order valence-corrected chi connectivity index (χ3v) is 5.91. The Morgan fingerprint density at radius 2 is 1.94 bits per heavy atom. The number of halogens is 2. The average molecular weight is 480 g/mol. The van der Waals surface area contributed by atoms with Crippen molar-refractivity contribution in [2.24, 2.45) is 0 Å². The van der Waals surface area contributed by atoms with Gasteiger partial charge in [0.2, 0.25) is 5.16 Å². The predicted octanol–water partition coefficient (Wildman–Crippen LogP) is 4.41. The number of Topliss-reactive ketones (excluding diaryl/α,β-unsaturated/α-hetero) is 1. The molecule has 8 nitrogen and oxygen atoms in total. The van der Waals surface area contributed by atoms with Crippen molar-refractivity contribution in [3.63, 3.8) is 0 Å². The van der Waals surface area contributed by atoms with Crippen molar-refractivity contribution in [1.82, 2.24) is 25.5 Å². The SMILES string of the molecule is CCC(NC(=O)OCc1ccccc1)C(=O)Cn1nnnc1Sc1ccc(Cl)c(Cl)c1. The summed E-state index contributed by atoms with van der Waals surface area (Å²) >= 11 is 13.2. The van der Waals surface area contributed by atoms with Crippen LogP contribution in [-0.2, 0) is 22.7 Å². The first kappa shape index (κ1) is 23.1. The lowest BCUT2D eigenvalue weighted by molar-refractivity contribution is -0.122. The maximum Gasteiger partial charge on any atom is 0.408 e. The van der Waals surface area contributed by atoms with Crippen molar-refractivity contribution >= 4 is 46.8 Å². The van der Waals surface area contributed by atoms with Crippen LogP contribution in [0.2, 0.25) is 10.0 Å². The lowest BCUT2D eigenvalue weighted by atomic mass is 10.1. The number of benzene rings is 2. The van der Waals surface area contributed by atoms with Gasteiger partial charge < -0.3 is 10.1 Å². The molecule has 11 heteroatoms. The van der Waals surface area contributed by atoms with Gasteiger partial charge in [0.15, 0.2) is 5.78 Å². The van der Waals surface area contributed by atoms with Gasteiger partial charge in [-0.05, 0) is 52.4 Å². The number of hydrogen-bond donors (Lipinski definition) is 1. The van der Waals surface area contributed by atoms with Crippen LogP contribution in [0.4, 0.5) is 4.79 Å². The van der Waals surface area contributed by atoms with Crippen molar-refractivity contribution in [2.75, 3.05) is 0 Å². The van der Waals surface area contributed by atoms with Crippen molar-refractivity contribution in [2.45, 2.75) is 42.6 Å². The van der Waals surface area contributed by atoms with E-state index in [0.717, 1.165) is 10.5 Å². The Bertz CT molecular complexity index is 1050. The molecular formula is C20H19Cl2N5O3S. The van der Waals surface area contributed by atoms with E-state index in [9.17, 15) is 9.59 Å². The number of carbonyl (C=O) groups is 2. The van der Waals surface area contributed by atoms with Gasteiger partial charge in [-0.3, -0.25) is 4.79 Å². The maximum absolute atomic E-state index is 12.7. The standard InChI is InChI=1S/C20H19Cl2N5O3S/c1-2-17(23-20(29)30-12-13-6-4-3-5-7-13)18(28)11-27-19(24-25-26-27)31-14-8-9-15(21)16(22)10-14/h3-10,17H,2,11-12H2,1H3,(H,23,29). The Hall–Kier alpha value is -2.62. The number of hydrogen-bond acceptors (Lipinski definition) is 7. The number of ether oxygens (including phenoxy) is 1. The minimum absolute atomic E-state index is 0.103. The van der Waals surface area contributed by atoms with Crippen LogP contribution in [0.3, 0.4) is 0 Å². The molecule has 0 aliphatic heterocycles. The van der Waals surface area contributed by atoms with Gasteiger partial charge in [-0.15, -0.1) is 5.10 Å².